The Bertz CT molecular complexity index is 292. The second-order valence-electron chi connectivity index (χ2n) is 4.78. The molecule has 0 bridgehead atoms. The van der Waals surface area contributed by atoms with Crippen molar-refractivity contribution in [3.8, 4) is 0 Å². The fourth-order valence-corrected chi connectivity index (χ4v) is 2.24. The number of rotatable bonds is 5. The van der Waals surface area contributed by atoms with Gasteiger partial charge in [-0.15, -0.1) is 0 Å². The van der Waals surface area contributed by atoms with Crippen LogP contribution in [-0.2, 0) is 6.54 Å². The monoisotopic (exact) mass is 226 g/mol. The number of aromatic nitrogens is 2. The van der Waals surface area contributed by atoms with Crippen molar-refractivity contribution in [3.05, 3.63) is 18.2 Å². The van der Waals surface area contributed by atoms with Crippen LogP contribution in [0.15, 0.2) is 12.4 Å². The minimum Gasteiger partial charge on any atom is -0.334 e. The maximum absolute atomic E-state index is 4.42. The molecule has 1 aromatic heterocycles. The van der Waals surface area contributed by atoms with Gasteiger partial charge in [0, 0.05) is 24.9 Å². The molecule has 0 fully saturated rings. The summed E-state index contributed by atoms with van der Waals surface area (Å²) in [5.74, 6) is 3.91. The highest BCUT2D eigenvalue weighted by molar-refractivity contribution is 7.80. The van der Waals surface area contributed by atoms with Crippen molar-refractivity contribution in [1.29, 1.82) is 0 Å². The molecule has 0 spiro atoms. The summed E-state index contributed by atoms with van der Waals surface area (Å²) in [7, 11) is 0. The van der Waals surface area contributed by atoms with Crippen molar-refractivity contribution >= 4 is 12.6 Å². The molecule has 0 radical (unpaired) electrons. The standard InChI is InChI=1S/C12H22N2S/c1-9(2)11(8-15)7-14-6-5-13-12(14)10(3)4/h5-6,9-11,15H,7-8H2,1-4H3. The number of hydrogen-bond acceptors (Lipinski definition) is 2. The molecule has 0 N–H and O–H groups in total. The molecule has 0 amide bonds. The number of nitrogens with zero attached hydrogens (tertiary/aromatic N) is 2. The highest BCUT2D eigenvalue weighted by Crippen LogP contribution is 2.18. The van der Waals surface area contributed by atoms with E-state index in [1.54, 1.807) is 0 Å². The average Bonchev–Trinajstić information content (AvgIpc) is 2.61. The van der Waals surface area contributed by atoms with E-state index in [2.05, 4.69) is 56.1 Å². The molecular formula is C12H22N2S. The first-order chi connectivity index (χ1) is 7.06. The van der Waals surface area contributed by atoms with Crippen molar-refractivity contribution in [2.75, 3.05) is 5.75 Å². The molecular weight excluding hydrogens is 204 g/mol. The summed E-state index contributed by atoms with van der Waals surface area (Å²) in [6.45, 7) is 9.92. The second kappa shape index (κ2) is 5.59. The van der Waals surface area contributed by atoms with E-state index in [1.165, 1.54) is 5.82 Å². The van der Waals surface area contributed by atoms with Crippen molar-refractivity contribution < 1.29 is 0 Å². The van der Waals surface area contributed by atoms with Gasteiger partial charge in [-0.25, -0.2) is 4.98 Å². The fraction of sp³-hybridized carbons (Fsp3) is 0.750. The second-order valence-corrected chi connectivity index (χ2v) is 5.14. The Morgan fingerprint density at radius 3 is 2.47 bits per heavy atom. The zero-order valence-corrected chi connectivity index (χ0v) is 11.0. The quantitative estimate of drug-likeness (QED) is 0.763. The maximum Gasteiger partial charge on any atom is 0.111 e. The molecule has 15 heavy (non-hydrogen) atoms. The van der Waals surface area contributed by atoms with E-state index in [0.717, 1.165) is 12.3 Å². The molecule has 1 atom stereocenters. The third-order valence-corrected chi connectivity index (χ3v) is 3.34. The van der Waals surface area contributed by atoms with E-state index >= 15 is 0 Å². The molecule has 3 heteroatoms. The lowest BCUT2D eigenvalue weighted by Crippen LogP contribution is -2.19. The van der Waals surface area contributed by atoms with Gasteiger partial charge < -0.3 is 4.57 Å². The van der Waals surface area contributed by atoms with E-state index in [-0.39, 0.29) is 0 Å². The first kappa shape index (κ1) is 12.6. The molecule has 0 aliphatic heterocycles. The smallest absolute Gasteiger partial charge is 0.111 e. The maximum atomic E-state index is 4.42. The van der Waals surface area contributed by atoms with Gasteiger partial charge in [-0.1, -0.05) is 27.7 Å². The molecule has 1 heterocycles. The lowest BCUT2D eigenvalue weighted by molar-refractivity contribution is 0.365. The zero-order chi connectivity index (χ0) is 11.4. The minimum absolute atomic E-state index is 0.493. The number of thiol groups is 1. The Balaban J connectivity index is 2.74. The Morgan fingerprint density at radius 1 is 1.33 bits per heavy atom. The predicted octanol–water partition coefficient (Wildman–Crippen LogP) is 3.21. The number of hydrogen-bond donors (Lipinski definition) is 1. The number of imidazole rings is 1. The first-order valence-electron chi connectivity index (χ1n) is 5.68. The Hall–Kier alpha value is -0.440. The summed E-state index contributed by atoms with van der Waals surface area (Å²) in [4.78, 5) is 4.40. The van der Waals surface area contributed by atoms with E-state index in [0.29, 0.717) is 17.8 Å². The lowest BCUT2D eigenvalue weighted by Gasteiger charge is -2.21. The van der Waals surface area contributed by atoms with Crippen molar-refractivity contribution in [3.63, 3.8) is 0 Å². The summed E-state index contributed by atoms with van der Waals surface area (Å²) in [5, 5.41) is 0. The van der Waals surface area contributed by atoms with Gasteiger partial charge >= 0.3 is 0 Å². The molecule has 86 valence electrons. The summed E-state index contributed by atoms with van der Waals surface area (Å²) in [6, 6.07) is 0. The summed E-state index contributed by atoms with van der Waals surface area (Å²) < 4.78 is 2.27. The highest BCUT2D eigenvalue weighted by atomic mass is 32.1. The molecule has 0 aliphatic carbocycles. The van der Waals surface area contributed by atoms with E-state index < -0.39 is 0 Å². The first-order valence-corrected chi connectivity index (χ1v) is 6.31. The Morgan fingerprint density at radius 2 is 2.00 bits per heavy atom. The van der Waals surface area contributed by atoms with Crippen LogP contribution in [-0.4, -0.2) is 15.3 Å². The van der Waals surface area contributed by atoms with E-state index in [4.69, 9.17) is 0 Å². The van der Waals surface area contributed by atoms with Gasteiger partial charge in [-0.05, 0) is 17.6 Å². The average molecular weight is 226 g/mol. The molecule has 1 aromatic rings. The fourth-order valence-electron chi connectivity index (χ4n) is 1.71. The normalized spacial score (nSPS) is 13.8. The van der Waals surface area contributed by atoms with Gasteiger partial charge in [0.15, 0.2) is 0 Å². The summed E-state index contributed by atoms with van der Waals surface area (Å²) in [5.41, 5.74) is 0. The van der Waals surface area contributed by atoms with Crippen LogP contribution in [0.3, 0.4) is 0 Å². The van der Waals surface area contributed by atoms with Crippen LogP contribution in [0.4, 0.5) is 0 Å². The van der Waals surface area contributed by atoms with Crippen molar-refractivity contribution in [2.45, 2.75) is 40.2 Å². The summed E-state index contributed by atoms with van der Waals surface area (Å²) >= 11 is 4.42. The Labute approximate surface area is 98.5 Å². The van der Waals surface area contributed by atoms with Crippen molar-refractivity contribution in [1.82, 2.24) is 9.55 Å². The third-order valence-electron chi connectivity index (χ3n) is 2.87. The topological polar surface area (TPSA) is 17.8 Å². The van der Waals surface area contributed by atoms with Crippen LogP contribution in [0.1, 0.15) is 39.4 Å². The SMILES string of the molecule is CC(C)c1nccn1CC(CS)C(C)C. The van der Waals surface area contributed by atoms with Crippen LogP contribution in [0.2, 0.25) is 0 Å². The summed E-state index contributed by atoms with van der Waals surface area (Å²) in [6.07, 6.45) is 3.97. The molecule has 0 saturated heterocycles. The van der Waals surface area contributed by atoms with Gasteiger partial charge in [-0.2, -0.15) is 12.6 Å². The largest absolute Gasteiger partial charge is 0.334 e. The van der Waals surface area contributed by atoms with Crippen molar-refractivity contribution in [2.24, 2.45) is 11.8 Å². The molecule has 1 unspecified atom stereocenters. The highest BCUT2D eigenvalue weighted by Gasteiger charge is 2.15. The molecule has 0 aliphatic rings. The lowest BCUT2D eigenvalue weighted by atomic mass is 9.97. The Kier molecular flexibility index (Phi) is 4.71. The molecule has 1 rings (SSSR count). The third kappa shape index (κ3) is 3.26. The van der Waals surface area contributed by atoms with Gasteiger partial charge in [-0.3, -0.25) is 0 Å². The predicted molar refractivity (Wildman–Crippen MR) is 68.5 cm³/mol. The van der Waals surface area contributed by atoms with Crippen LogP contribution in [0, 0.1) is 11.8 Å². The van der Waals surface area contributed by atoms with Crippen LogP contribution >= 0.6 is 12.6 Å². The zero-order valence-electron chi connectivity index (χ0n) is 10.1. The molecule has 2 nitrogen and oxygen atoms in total. The van der Waals surface area contributed by atoms with Gasteiger partial charge in [0.2, 0.25) is 0 Å². The van der Waals surface area contributed by atoms with E-state index in [1.807, 2.05) is 6.20 Å². The van der Waals surface area contributed by atoms with Crippen LogP contribution in [0.25, 0.3) is 0 Å². The minimum atomic E-state index is 0.493. The van der Waals surface area contributed by atoms with E-state index in [9.17, 15) is 0 Å². The van der Waals surface area contributed by atoms with Gasteiger partial charge in [0.05, 0.1) is 0 Å². The van der Waals surface area contributed by atoms with Gasteiger partial charge in [0.1, 0.15) is 5.82 Å². The molecule has 0 aromatic carbocycles. The van der Waals surface area contributed by atoms with Crippen LogP contribution < -0.4 is 0 Å². The van der Waals surface area contributed by atoms with Gasteiger partial charge in [0.25, 0.3) is 0 Å². The molecule has 0 saturated carbocycles. The van der Waals surface area contributed by atoms with Crippen LogP contribution in [0.5, 0.6) is 0 Å².